The van der Waals surface area contributed by atoms with E-state index < -0.39 is 0 Å². The molecule has 1 saturated carbocycles. The summed E-state index contributed by atoms with van der Waals surface area (Å²) in [4.78, 5) is 0. The van der Waals surface area contributed by atoms with E-state index in [0.29, 0.717) is 19.1 Å². The van der Waals surface area contributed by atoms with Gasteiger partial charge in [0.05, 0.1) is 6.61 Å². The van der Waals surface area contributed by atoms with Gasteiger partial charge < -0.3 is 14.8 Å². The van der Waals surface area contributed by atoms with Crippen LogP contribution in [-0.2, 0) is 11.3 Å². The van der Waals surface area contributed by atoms with Crippen molar-refractivity contribution in [2.45, 2.75) is 53.1 Å². The Hall–Kier alpha value is -1.06. The van der Waals surface area contributed by atoms with Crippen molar-refractivity contribution in [3.05, 3.63) is 28.8 Å². The molecule has 0 amide bonds. The van der Waals surface area contributed by atoms with Gasteiger partial charge in [-0.3, -0.25) is 0 Å². The molecule has 0 heterocycles. The first-order valence-corrected chi connectivity index (χ1v) is 8.10. The van der Waals surface area contributed by atoms with Crippen molar-refractivity contribution < 1.29 is 9.47 Å². The van der Waals surface area contributed by atoms with Crippen LogP contribution in [-0.4, -0.2) is 25.9 Å². The zero-order chi connectivity index (χ0) is 15.2. The summed E-state index contributed by atoms with van der Waals surface area (Å²) in [5, 5.41) is 3.56. The maximum atomic E-state index is 5.90. The van der Waals surface area contributed by atoms with Crippen LogP contribution in [0, 0.1) is 19.8 Å². The molecule has 1 aromatic rings. The van der Waals surface area contributed by atoms with Gasteiger partial charge in [-0.15, -0.1) is 0 Å². The predicted molar refractivity (Wildman–Crippen MR) is 86.9 cm³/mol. The largest absolute Gasteiger partial charge is 0.491 e. The number of hydrogen-bond acceptors (Lipinski definition) is 3. The van der Waals surface area contributed by atoms with Crippen LogP contribution in [0.3, 0.4) is 0 Å². The molecular weight excluding hydrogens is 262 g/mol. The highest BCUT2D eigenvalue weighted by atomic mass is 16.5. The van der Waals surface area contributed by atoms with Gasteiger partial charge in [-0.25, -0.2) is 0 Å². The molecule has 2 rings (SSSR count). The molecular formula is C18H29NO2. The van der Waals surface area contributed by atoms with Gasteiger partial charge in [0.2, 0.25) is 0 Å². The van der Waals surface area contributed by atoms with Crippen molar-refractivity contribution in [2.75, 3.05) is 19.8 Å². The Balaban J connectivity index is 1.81. The third-order valence-corrected chi connectivity index (χ3v) is 3.62. The van der Waals surface area contributed by atoms with Crippen LogP contribution in [0.25, 0.3) is 0 Å². The molecule has 0 radical (unpaired) electrons. The molecule has 1 aromatic carbocycles. The van der Waals surface area contributed by atoms with Crippen molar-refractivity contribution >= 4 is 0 Å². The zero-order valence-electron chi connectivity index (χ0n) is 13.9. The van der Waals surface area contributed by atoms with E-state index in [1.54, 1.807) is 0 Å². The predicted octanol–water partition coefficient (Wildman–Crippen LogP) is 3.61. The lowest BCUT2D eigenvalue weighted by Gasteiger charge is -2.15. The normalized spacial score (nSPS) is 14.7. The number of rotatable bonds is 9. The summed E-state index contributed by atoms with van der Waals surface area (Å²) in [6, 6.07) is 5.21. The minimum atomic E-state index is 0.576. The molecule has 0 unspecified atom stereocenters. The third-order valence-electron chi connectivity index (χ3n) is 3.62. The van der Waals surface area contributed by atoms with E-state index in [9.17, 15) is 0 Å². The van der Waals surface area contributed by atoms with Gasteiger partial charge >= 0.3 is 0 Å². The van der Waals surface area contributed by atoms with Crippen molar-refractivity contribution in [1.82, 2.24) is 5.32 Å². The van der Waals surface area contributed by atoms with E-state index in [2.05, 4.69) is 45.1 Å². The molecule has 3 heteroatoms. The van der Waals surface area contributed by atoms with Crippen LogP contribution in [0.5, 0.6) is 5.75 Å². The number of benzene rings is 1. The van der Waals surface area contributed by atoms with E-state index in [4.69, 9.17) is 9.47 Å². The Morgan fingerprint density at radius 1 is 1.14 bits per heavy atom. The topological polar surface area (TPSA) is 30.5 Å². The molecule has 0 aliphatic heterocycles. The maximum absolute atomic E-state index is 5.90. The highest BCUT2D eigenvalue weighted by Gasteiger charge is 2.20. The number of hydrogen-bond donors (Lipinski definition) is 1. The van der Waals surface area contributed by atoms with Crippen molar-refractivity contribution in [3.63, 3.8) is 0 Å². The molecule has 118 valence electrons. The average Bonchev–Trinajstić information content (AvgIpc) is 3.22. The standard InChI is InChI=1S/C18H29NO2/c1-13(2)12-20-7-8-21-18-14(3)9-16(10-15(18)4)11-19-17-5-6-17/h9-10,13,17,19H,5-8,11-12H2,1-4H3. The van der Waals surface area contributed by atoms with Crippen LogP contribution in [0.15, 0.2) is 12.1 Å². The van der Waals surface area contributed by atoms with Gasteiger partial charge in [-0.05, 0) is 49.3 Å². The van der Waals surface area contributed by atoms with E-state index in [-0.39, 0.29) is 0 Å². The first kappa shape index (κ1) is 16.3. The quantitative estimate of drug-likeness (QED) is 0.705. The van der Waals surface area contributed by atoms with Crippen LogP contribution >= 0.6 is 0 Å². The molecule has 1 aliphatic rings. The number of aryl methyl sites for hydroxylation is 2. The minimum absolute atomic E-state index is 0.576. The Morgan fingerprint density at radius 3 is 2.38 bits per heavy atom. The van der Waals surface area contributed by atoms with Gasteiger partial charge in [-0.2, -0.15) is 0 Å². The second kappa shape index (κ2) is 7.81. The number of ether oxygens (including phenoxy) is 2. The molecule has 1 fully saturated rings. The fourth-order valence-corrected chi connectivity index (χ4v) is 2.44. The first-order valence-electron chi connectivity index (χ1n) is 8.10. The first-order chi connectivity index (χ1) is 10.1. The van der Waals surface area contributed by atoms with Gasteiger partial charge in [0.1, 0.15) is 12.4 Å². The lowest BCUT2D eigenvalue weighted by Crippen LogP contribution is -2.16. The monoisotopic (exact) mass is 291 g/mol. The van der Waals surface area contributed by atoms with Crippen LogP contribution in [0.2, 0.25) is 0 Å². The van der Waals surface area contributed by atoms with Crippen LogP contribution in [0.1, 0.15) is 43.4 Å². The van der Waals surface area contributed by atoms with Gasteiger partial charge in [0.15, 0.2) is 0 Å². The summed E-state index contributed by atoms with van der Waals surface area (Å²) < 4.78 is 11.5. The van der Waals surface area contributed by atoms with Gasteiger partial charge in [0, 0.05) is 19.2 Å². The van der Waals surface area contributed by atoms with Gasteiger partial charge in [-0.1, -0.05) is 26.0 Å². The maximum Gasteiger partial charge on any atom is 0.125 e. The summed E-state index contributed by atoms with van der Waals surface area (Å²) in [7, 11) is 0. The Kier molecular flexibility index (Phi) is 6.07. The lowest BCUT2D eigenvalue weighted by atomic mass is 10.1. The van der Waals surface area contributed by atoms with Crippen molar-refractivity contribution in [1.29, 1.82) is 0 Å². The summed E-state index contributed by atoms with van der Waals surface area (Å²) in [6.07, 6.45) is 2.66. The van der Waals surface area contributed by atoms with E-state index in [1.807, 2.05) is 0 Å². The van der Waals surface area contributed by atoms with Crippen LogP contribution < -0.4 is 10.1 Å². The average molecular weight is 291 g/mol. The summed E-state index contributed by atoms with van der Waals surface area (Å²) in [5.41, 5.74) is 3.78. The van der Waals surface area contributed by atoms with E-state index in [1.165, 1.54) is 29.5 Å². The summed E-state index contributed by atoms with van der Waals surface area (Å²) >= 11 is 0. The smallest absolute Gasteiger partial charge is 0.125 e. The molecule has 3 nitrogen and oxygen atoms in total. The second-order valence-corrected chi connectivity index (χ2v) is 6.53. The van der Waals surface area contributed by atoms with E-state index >= 15 is 0 Å². The minimum Gasteiger partial charge on any atom is -0.491 e. The molecule has 21 heavy (non-hydrogen) atoms. The third kappa shape index (κ3) is 5.68. The fraction of sp³-hybridized carbons (Fsp3) is 0.667. The Bertz CT molecular complexity index is 430. The SMILES string of the molecule is Cc1cc(CNC2CC2)cc(C)c1OCCOCC(C)C. The molecule has 0 atom stereocenters. The Labute approximate surface area is 129 Å². The van der Waals surface area contributed by atoms with Crippen molar-refractivity contribution in [2.24, 2.45) is 5.92 Å². The highest BCUT2D eigenvalue weighted by Crippen LogP contribution is 2.26. The van der Waals surface area contributed by atoms with Crippen LogP contribution in [0.4, 0.5) is 0 Å². The fourth-order valence-electron chi connectivity index (χ4n) is 2.44. The summed E-state index contributed by atoms with van der Waals surface area (Å²) in [6.45, 7) is 11.6. The van der Waals surface area contributed by atoms with E-state index in [0.717, 1.165) is 24.9 Å². The molecule has 0 saturated heterocycles. The molecule has 0 aromatic heterocycles. The Morgan fingerprint density at radius 2 is 1.81 bits per heavy atom. The van der Waals surface area contributed by atoms with Crippen molar-refractivity contribution in [3.8, 4) is 5.75 Å². The molecule has 1 aliphatic carbocycles. The molecule has 0 spiro atoms. The summed E-state index contributed by atoms with van der Waals surface area (Å²) in [5.74, 6) is 1.59. The zero-order valence-corrected chi connectivity index (χ0v) is 13.9. The highest BCUT2D eigenvalue weighted by molar-refractivity contribution is 5.43. The number of nitrogens with one attached hydrogen (secondary N) is 1. The van der Waals surface area contributed by atoms with Gasteiger partial charge in [0.25, 0.3) is 0 Å². The molecule has 0 bridgehead atoms. The molecule has 1 N–H and O–H groups in total. The second-order valence-electron chi connectivity index (χ2n) is 6.53. The lowest BCUT2D eigenvalue weighted by molar-refractivity contribution is 0.0815.